The Kier molecular flexibility index (Phi) is 7.31. The highest BCUT2D eigenvalue weighted by atomic mass is 19.1. The van der Waals surface area contributed by atoms with E-state index in [4.69, 9.17) is 4.74 Å². The summed E-state index contributed by atoms with van der Waals surface area (Å²) in [5.74, 6) is 0.834. The number of carbonyl (C=O) groups excluding carboxylic acids is 2. The smallest absolute Gasteiger partial charge is 0.410 e. The SMILES string of the molecule is CC(C)C1C2=C(CCN1C(=O)C1CCC(CN(C)C(=O)OC(C)(C)C)CC1)c1ccc(F)cc1C2. The summed E-state index contributed by atoms with van der Waals surface area (Å²) in [6, 6.07) is 5.21. The first kappa shape index (κ1) is 25.7. The van der Waals surface area contributed by atoms with Crippen molar-refractivity contribution in [2.75, 3.05) is 20.1 Å². The lowest BCUT2D eigenvalue weighted by Crippen LogP contribution is -2.50. The maximum Gasteiger partial charge on any atom is 0.410 e. The van der Waals surface area contributed by atoms with E-state index in [0.29, 0.717) is 18.4 Å². The molecule has 1 saturated carbocycles. The third-order valence-electron chi connectivity index (χ3n) is 7.80. The summed E-state index contributed by atoms with van der Waals surface area (Å²) in [5.41, 5.74) is 4.38. The molecule has 2 aliphatic carbocycles. The molecule has 35 heavy (non-hydrogen) atoms. The molecule has 192 valence electrons. The minimum atomic E-state index is -0.499. The molecule has 6 heteroatoms. The fraction of sp³-hybridized carbons (Fsp3) is 0.655. The van der Waals surface area contributed by atoms with Crippen molar-refractivity contribution in [1.82, 2.24) is 9.80 Å². The fourth-order valence-electron chi connectivity index (χ4n) is 6.26. The van der Waals surface area contributed by atoms with E-state index in [1.807, 2.05) is 26.8 Å². The number of amides is 2. The number of hydrogen-bond acceptors (Lipinski definition) is 3. The van der Waals surface area contributed by atoms with Crippen molar-refractivity contribution in [1.29, 1.82) is 0 Å². The second-order valence-electron chi connectivity index (χ2n) is 12.0. The molecule has 1 aromatic carbocycles. The number of fused-ring (bicyclic) bond motifs is 2. The Balaban J connectivity index is 1.38. The van der Waals surface area contributed by atoms with Crippen LogP contribution < -0.4 is 0 Å². The van der Waals surface area contributed by atoms with Crippen LogP contribution in [0.1, 0.15) is 77.8 Å². The summed E-state index contributed by atoms with van der Waals surface area (Å²) in [4.78, 5) is 29.9. The number of nitrogens with zero attached hydrogens (tertiary/aromatic N) is 2. The summed E-state index contributed by atoms with van der Waals surface area (Å²) in [7, 11) is 1.79. The van der Waals surface area contributed by atoms with Gasteiger partial charge in [0.25, 0.3) is 0 Å². The molecule has 1 unspecified atom stereocenters. The van der Waals surface area contributed by atoms with Gasteiger partial charge in [-0.1, -0.05) is 19.9 Å². The Hall–Kier alpha value is -2.37. The van der Waals surface area contributed by atoms with Crippen LogP contribution in [0.3, 0.4) is 0 Å². The molecule has 5 nitrogen and oxygen atoms in total. The summed E-state index contributed by atoms with van der Waals surface area (Å²) in [5, 5.41) is 0. The normalized spacial score (nSPS) is 24.3. The number of rotatable bonds is 4. The number of ether oxygens (including phenoxy) is 1. The topological polar surface area (TPSA) is 49.9 Å². The van der Waals surface area contributed by atoms with Gasteiger partial charge in [0.05, 0.1) is 6.04 Å². The molecule has 4 rings (SSSR count). The molecule has 1 fully saturated rings. The highest BCUT2D eigenvalue weighted by Gasteiger charge is 2.41. The summed E-state index contributed by atoms with van der Waals surface area (Å²) >= 11 is 0. The zero-order valence-corrected chi connectivity index (χ0v) is 22.2. The van der Waals surface area contributed by atoms with Crippen LogP contribution in [0.4, 0.5) is 9.18 Å². The zero-order valence-electron chi connectivity index (χ0n) is 22.2. The van der Waals surface area contributed by atoms with E-state index in [1.165, 1.54) is 16.7 Å². The Morgan fingerprint density at radius 1 is 1.17 bits per heavy atom. The highest BCUT2D eigenvalue weighted by molar-refractivity contribution is 5.84. The summed E-state index contributed by atoms with van der Waals surface area (Å²) in [6.07, 6.45) is 4.93. The monoisotopic (exact) mass is 484 g/mol. The first-order valence-corrected chi connectivity index (χ1v) is 13.2. The molecule has 1 heterocycles. The minimum absolute atomic E-state index is 0.0442. The van der Waals surface area contributed by atoms with Crippen LogP contribution in [0.15, 0.2) is 23.8 Å². The van der Waals surface area contributed by atoms with Crippen molar-refractivity contribution < 1.29 is 18.7 Å². The minimum Gasteiger partial charge on any atom is -0.444 e. The van der Waals surface area contributed by atoms with Crippen LogP contribution in [0.25, 0.3) is 5.57 Å². The second-order valence-corrected chi connectivity index (χ2v) is 12.0. The van der Waals surface area contributed by atoms with Gasteiger partial charge in [0.15, 0.2) is 0 Å². The lowest BCUT2D eigenvalue weighted by atomic mass is 9.79. The molecule has 0 N–H and O–H groups in total. The van der Waals surface area contributed by atoms with E-state index in [-0.39, 0.29) is 29.8 Å². The van der Waals surface area contributed by atoms with Crippen LogP contribution in [-0.2, 0) is 16.0 Å². The molecular formula is C29H41FN2O3. The van der Waals surface area contributed by atoms with E-state index in [2.05, 4.69) is 18.7 Å². The van der Waals surface area contributed by atoms with Crippen LogP contribution >= 0.6 is 0 Å². The van der Waals surface area contributed by atoms with Gasteiger partial charge in [-0.2, -0.15) is 0 Å². The van der Waals surface area contributed by atoms with Gasteiger partial charge in [-0.05, 0) is 106 Å². The number of halogens is 1. The van der Waals surface area contributed by atoms with Gasteiger partial charge in [0.2, 0.25) is 5.91 Å². The predicted octanol–water partition coefficient (Wildman–Crippen LogP) is 6.07. The second kappa shape index (κ2) is 9.94. The van der Waals surface area contributed by atoms with Gasteiger partial charge in [-0.3, -0.25) is 4.79 Å². The van der Waals surface area contributed by atoms with Crippen LogP contribution in [0, 0.1) is 23.6 Å². The third kappa shape index (κ3) is 5.57. The lowest BCUT2D eigenvalue weighted by molar-refractivity contribution is -0.139. The molecule has 2 amide bonds. The molecule has 0 spiro atoms. The predicted molar refractivity (Wildman–Crippen MR) is 136 cm³/mol. The largest absolute Gasteiger partial charge is 0.444 e. The molecular weight excluding hydrogens is 443 g/mol. The number of hydrogen-bond donors (Lipinski definition) is 0. The van der Waals surface area contributed by atoms with Gasteiger partial charge < -0.3 is 14.5 Å². The molecule has 0 bridgehead atoms. The van der Waals surface area contributed by atoms with Crippen molar-refractivity contribution >= 4 is 17.6 Å². The molecule has 1 aromatic rings. The molecule has 0 radical (unpaired) electrons. The van der Waals surface area contributed by atoms with E-state index in [0.717, 1.165) is 50.6 Å². The van der Waals surface area contributed by atoms with Gasteiger partial charge in [-0.25, -0.2) is 9.18 Å². The van der Waals surface area contributed by atoms with Crippen molar-refractivity contribution in [3.63, 3.8) is 0 Å². The maximum atomic E-state index is 13.9. The number of carbonyl (C=O) groups is 2. The molecule has 1 atom stereocenters. The first-order chi connectivity index (χ1) is 16.4. The Morgan fingerprint density at radius 2 is 1.86 bits per heavy atom. The Morgan fingerprint density at radius 3 is 2.49 bits per heavy atom. The average Bonchev–Trinajstić information content (AvgIpc) is 3.14. The van der Waals surface area contributed by atoms with Crippen LogP contribution in [-0.4, -0.2) is 53.6 Å². The molecule has 0 aromatic heterocycles. The molecule has 1 aliphatic heterocycles. The number of benzene rings is 1. The zero-order chi connectivity index (χ0) is 25.5. The van der Waals surface area contributed by atoms with E-state index < -0.39 is 5.60 Å². The Labute approximate surface area is 209 Å². The van der Waals surface area contributed by atoms with Crippen LogP contribution in [0.2, 0.25) is 0 Å². The average molecular weight is 485 g/mol. The highest BCUT2D eigenvalue weighted by Crippen LogP contribution is 2.44. The lowest BCUT2D eigenvalue weighted by Gasteiger charge is -2.42. The Bertz CT molecular complexity index is 1000. The summed E-state index contributed by atoms with van der Waals surface area (Å²) in [6.45, 7) is 11.4. The van der Waals surface area contributed by atoms with Gasteiger partial charge in [0.1, 0.15) is 11.4 Å². The van der Waals surface area contributed by atoms with Gasteiger partial charge in [0, 0.05) is 26.1 Å². The van der Waals surface area contributed by atoms with Gasteiger partial charge in [-0.15, -0.1) is 0 Å². The van der Waals surface area contributed by atoms with E-state index >= 15 is 0 Å². The molecule has 3 aliphatic rings. The quantitative estimate of drug-likeness (QED) is 0.522. The van der Waals surface area contributed by atoms with Crippen molar-refractivity contribution in [2.24, 2.45) is 17.8 Å². The molecule has 0 saturated heterocycles. The summed E-state index contributed by atoms with van der Waals surface area (Å²) < 4.78 is 19.3. The van der Waals surface area contributed by atoms with E-state index in [1.54, 1.807) is 24.1 Å². The third-order valence-corrected chi connectivity index (χ3v) is 7.80. The first-order valence-electron chi connectivity index (χ1n) is 13.2. The van der Waals surface area contributed by atoms with Gasteiger partial charge >= 0.3 is 6.09 Å². The van der Waals surface area contributed by atoms with E-state index in [9.17, 15) is 14.0 Å². The van der Waals surface area contributed by atoms with Crippen molar-refractivity contribution in [3.05, 3.63) is 40.7 Å². The fourth-order valence-corrected chi connectivity index (χ4v) is 6.26. The van der Waals surface area contributed by atoms with Crippen molar-refractivity contribution in [2.45, 2.75) is 84.8 Å². The maximum absolute atomic E-state index is 13.9. The van der Waals surface area contributed by atoms with Crippen LogP contribution in [0.5, 0.6) is 0 Å². The van der Waals surface area contributed by atoms with Crippen molar-refractivity contribution in [3.8, 4) is 0 Å². The standard InChI is InChI=1S/C29H41FN2O3/c1-18(2)26-25-16-21-15-22(30)11-12-23(21)24(25)13-14-32(26)27(33)20-9-7-19(8-10-20)17-31(6)28(34)35-29(3,4)5/h11-12,15,18-20,26H,7-10,13-14,16-17H2,1-6H3.